The fourth-order valence-corrected chi connectivity index (χ4v) is 2.77. The van der Waals surface area contributed by atoms with Gasteiger partial charge in [-0.25, -0.2) is 4.99 Å². The number of carbonyl (C=O) groups is 1. The number of aliphatic imine (C=N–C) groups is 1. The molecule has 6 heteroatoms. The highest BCUT2D eigenvalue weighted by molar-refractivity contribution is 14.0. The summed E-state index contributed by atoms with van der Waals surface area (Å²) < 4.78 is 0. The second-order valence-corrected chi connectivity index (χ2v) is 7.83. The maximum atomic E-state index is 12.0. The molecule has 1 atom stereocenters. The second kappa shape index (κ2) is 11.8. The molecule has 0 aliphatic carbocycles. The van der Waals surface area contributed by atoms with Gasteiger partial charge in [0.1, 0.15) is 6.54 Å². The molecule has 0 bridgehead atoms. The lowest BCUT2D eigenvalue weighted by Gasteiger charge is -2.28. The molecule has 2 aromatic rings. The number of likely N-dealkylation sites (N-methyl/N-ethyl adjacent to an activating group) is 1. The van der Waals surface area contributed by atoms with E-state index in [9.17, 15) is 4.79 Å². The lowest BCUT2D eigenvalue weighted by Crippen LogP contribution is -2.44. The zero-order valence-corrected chi connectivity index (χ0v) is 20.3. The number of nitrogens with zero attached hydrogens (tertiary/aromatic N) is 2. The van der Waals surface area contributed by atoms with Crippen molar-refractivity contribution in [1.29, 1.82) is 0 Å². The first-order chi connectivity index (χ1) is 13.3. The van der Waals surface area contributed by atoms with Crippen molar-refractivity contribution < 1.29 is 4.79 Å². The minimum Gasteiger partial charge on any atom is -0.356 e. The number of hydrogen-bond acceptors (Lipinski definition) is 2. The molecule has 0 heterocycles. The molecule has 0 aliphatic heterocycles. The van der Waals surface area contributed by atoms with Crippen molar-refractivity contribution in [2.24, 2.45) is 4.99 Å². The molecule has 2 aromatic carbocycles. The number of amides is 1. The van der Waals surface area contributed by atoms with Crippen molar-refractivity contribution >= 4 is 35.8 Å². The molecule has 0 aliphatic rings. The van der Waals surface area contributed by atoms with E-state index < -0.39 is 0 Å². The fraction of sp³-hybridized carbons (Fsp3) is 0.391. The average molecular weight is 508 g/mol. The number of halogens is 1. The van der Waals surface area contributed by atoms with Crippen LogP contribution in [0.5, 0.6) is 0 Å². The fourth-order valence-electron chi connectivity index (χ4n) is 2.77. The Bertz CT molecular complexity index is 776. The van der Waals surface area contributed by atoms with Crippen LogP contribution in [-0.2, 0) is 10.2 Å². The molecule has 0 saturated heterocycles. The van der Waals surface area contributed by atoms with Gasteiger partial charge in [0.2, 0.25) is 5.91 Å². The SMILES string of the molecule is CC(NC(=NCC(=O)N(C)C)NCC(C)(C)c1ccccc1)c1ccccc1.I. The Morgan fingerprint density at radius 3 is 2.14 bits per heavy atom. The first-order valence-electron chi connectivity index (χ1n) is 9.65. The third-order valence-electron chi connectivity index (χ3n) is 4.78. The smallest absolute Gasteiger partial charge is 0.243 e. The van der Waals surface area contributed by atoms with Crippen LogP contribution in [0.25, 0.3) is 0 Å². The van der Waals surface area contributed by atoms with Crippen LogP contribution in [0.15, 0.2) is 65.7 Å². The van der Waals surface area contributed by atoms with Gasteiger partial charge in [0.15, 0.2) is 5.96 Å². The third kappa shape index (κ3) is 8.04. The molecule has 5 nitrogen and oxygen atoms in total. The number of nitrogens with one attached hydrogen (secondary N) is 2. The van der Waals surface area contributed by atoms with Crippen LogP contribution in [0.1, 0.15) is 37.9 Å². The van der Waals surface area contributed by atoms with Gasteiger partial charge in [0, 0.05) is 26.1 Å². The number of rotatable bonds is 7. The third-order valence-corrected chi connectivity index (χ3v) is 4.78. The van der Waals surface area contributed by atoms with Gasteiger partial charge in [-0.2, -0.15) is 0 Å². The molecule has 2 rings (SSSR count). The van der Waals surface area contributed by atoms with Crippen molar-refractivity contribution in [2.45, 2.75) is 32.2 Å². The summed E-state index contributed by atoms with van der Waals surface area (Å²) in [6.07, 6.45) is 0. The molecule has 0 saturated carbocycles. The Morgan fingerprint density at radius 1 is 1.03 bits per heavy atom. The molecule has 158 valence electrons. The van der Waals surface area contributed by atoms with Gasteiger partial charge in [-0.1, -0.05) is 74.5 Å². The van der Waals surface area contributed by atoms with Crippen molar-refractivity contribution in [3.8, 4) is 0 Å². The summed E-state index contributed by atoms with van der Waals surface area (Å²) in [6, 6.07) is 20.7. The monoisotopic (exact) mass is 508 g/mol. The first kappa shape index (κ1) is 24.9. The van der Waals surface area contributed by atoms with E-state index in [0.717, 1.165) is 0 Å². The van der Waals surface area contributed by atoms with Crippen molar-refractivity contribution in [2.75, 3.05) is 27.2 Å². The minimum atomic E-state index is -0.0781. The summed E-state index contributed by atoms with van der Waals surface area (Å²) in [6.45, 7) is 7.27. The summed E-state index contributed by atoms with van der Waals surface area (Å²) in [7, 11) is 3.48. The lowest BCUT2D eigenvalue weighted by atomic mass is 9.85. The molecular weight excluding hydrogens is 475 g/mol. The topological polar surface area (TPSA) is 56.7 Å². The second-order valence-electron chi connectivity index (χ2n) is 7.83. The Morgan fingerprint density at radius 2 is 1.59 bits per heavy atom. The average Bonchev–Trinajstić information content (AvgIpc) is 2.70. The zero-order valence-electron chi connectivity index (χ0n) is 18.0. The molecule has 1 unspecified atom stereocenters. The van der Waals surface area contributed by atoms with Gasteiger partial charge in [-0.05, 0) is 18.1 Å². The summed E-state index contributed by atoms with van der Waals surface area (Å²) >= 11 is 0. The lowest BCUT2D eigenvalue weighted by molar-refractivity contribution is -0.127. The van der Waals surface area contributed by atoms with Gasteiger partial charge in [-0.3, -0.25) is 4.79 Å². The normalized spacial score (nSPS) is 12.5. The highest BCUT2D eigenvalue weighted by Gasteiger charge is 2.21. The van der Waals surface area contributed by atoms with Crippen molar-refractivity contribution in [3.05, 3.63) is 71.8 Å². The Kier molecular flexibility index (Phi) is 10.2. The summed E-state index contributed by atoms with van der Waals surface area (Å²) in [5.41, 5.74) is 2.34. The van der Waals surface area contributed by atoms with E-state index in [2.05, 4.69) is 72.8 Å². The molecule has 1 amide bonds. The molecule has 2 N–H and O–H groups in total. The van der Waals surface area contributed by atoms with Crippen LogP contribution < -0.4 is 10.6 Å². The number of guanidine groups is 1. The summed E-state index contributed by atoms with van der Waals surface area (Å²) in [4.78, 5) is 18.1. The van der Waals surface area contributed by atoms with Crippen molar-refractivity contribution in [1.82, 2.24) is 15.5 Å². The molecule has 0 aromatic heterocycles. The summed E-state index contributed by atoms with van der Waals surface area (Å²) in [5, 5.41) is 6.84. The van der Waals surface area contributed by atoms with Gasteiger partial charge in [0.05, 0.1) is 6.04 Å². The van der Waals surface area contributed by atoms with Gasteiger partial charge >= 0.3 is 0 Å². The van der Waals surface area contributed by atoms with Crippen LogP contribution >= 0.6 is 24.0 Å². The van der Waals surface area contributed by atoms with E-state index in [1.807, 2.05) is 24.3 Å². The van der Waals surface area contributed by atoms with Crippen LogP contribution in [0, 0.1) is 0 Å². The quantitative estimate of drug-likeness (QED) is 0.338. The maximum Gasteiger partial charge on any atom is 0.243 e. The van der Waals surface area contributed by atoms with Crippen LogP contribution in [0.4, 0.5) is 0 Å². The minimum absolute atomic E-state index is 0. The van der Waals surface area contributed by atoms with Crippen LogP contribution in [-0.4, -0.2) is 44.0 Å². The predicted octanol–water partition coefficient (Wildman–Crippen LogP) is 3.97. The molecular formula is C23H33IN4O. The Hall–Kier alpha value is -2.09. The standard InChI is InChI=1S/C23H32N4O.HI/c1-18(19-12-8-6-9-13-19)26-22(24-16-21(28)27(4)5)25-17-23(2,3)20-14-10-7-11-15-20;/h6-15,18H,16-17H2,1-5H3,(H2,24,25,26);1H. The Labute approximate surface area is 192 Å². The van der Waals surface area contributed by atoms with Crippen LogP contribution in [0.2, 0.25) is 0 Å². The molecule has 29 heavy (non-hydrogen) atoms. The van der Waals surface area contributed by atoms with Gasteiger partial charge in [0.25, 0.3) is 0 Å². The molecule has 0 spiro atoms. The number of hydrogen-bond donors (Lipinski definition) is 2. The highest BCUT2D eigenvalue weighted by atomic mass is 127. The van der Waals surface area contributed by atoms with E-state index >= 15 is 0 Å². The zero-order chi connectivity index (χ0) is 20.6. The Balaban J connectivity index is 0.00000420. The highest BCUT2D eigenvalue weighted by Crippen LogP contribution is 2.21. The first-order valence-corrected chi connectivity index (χ1v) is 9.65. The predicted molar refractivity (Wildman–Crippen MR) is 132 cm³/mol. The van der Waals surface area contributed by atoms with Gasteiger partial charge in [-0.15, -0.1) is 24.0 Å². The largest absolute Gasteiger partial charge is 0.356 e. The maximum absolute atomic E-state index is 12.0. The van der Waals surface area contributed by atoms with Crippen molar-refractivity contribution in [3.63, 3.8) is 0 Å². The van der Waals surface area contributed by atoms with E-state index in [-0.39, 0.29) is 47.9 Å². The van der Waals surface area contributed by atoms with E-state index in [4.69, 9.17) is 0 Å². The van der Waals surface area contributed by atoms with E-state index in [1.54, 1.807) is 19.0 Å². The van der Waals surface area contributed by atoms with E-state index in [0.29, 0.717) is 12.5 Å². The van der Waals surface area contributed by atoms with Gasteiger partial charge < -0.3 is 15.5 Å². The number of benzene rings is 2. The molecule has 0 fully saturated rings. The van der Waals surface area contributed by atoms with Crippen LogP contribution in [0.3, 0.4) is 0 Å². The van der Waals surface area contributed by atoms with E-state index in [1.165, 1.54) is 11.1 Å². The molecule has 0 radical (unpaired) electrons. The summed E-state index contributed by atoms with van der Waals surface area (Å²) in [5.74, 6) is 0.603. The number of carbonyl (C=O) groups excluding carboxylic acids is 1.